The van der Waals surface area contributed by atoms with Gasteiger partial charge in [0.2, 0.25) is 21.9 Å². The Morgan fingerprint density at radius 1 is 1.14 bits per heavy atom. The Hall–Kier alpha value is -2.83. The number of anilines is 1. The SMILES string of the molecule is COc1cccc(-c2nnc(NS(=O)(=O)C(C)C(OC)c3ncc(Cl)cn3)n2[C@H]2CCCC[C@H]2C)n1. The van der Waals surface area contributed by atoms with E-state index in [1.54, 1.807) is 12.1 Å². The molecule has 13 heteroatoms. The molecule has 3 heterocycles. The van der Waals surface area contributed by atoms with Crippen molar-refractivity contribution in [3.05, 3.63) is 41.4 Å². The number of rotatable bonds is 9. The third kappa shape index (κ3) is 5.45. The fourth-order valence-corrected chi connectivity index (χ4v) is 5.78. The van der Waals surface area contributed by atoms with Crippen LogP contribution in [-0.4, -0.2) is 57.6 Å². The van der Waals surface area contributed by atoms with Gasteiger partial charge in [-0.3, -0.25) is 9.29 Å². The van der Waals surface area contributed by atoms with Gasteiger partial charge >= 0.3 is 0 Å². The molecule has 36 heavy (non-hydrogen) atoms. The van der Waals surface area contributed by atoms with Crippen LogP contribution in [0, 0.1) is 5.92 Å². The molecule has 0 radical (unpaired) electrons. The molecule has 1 aliphatic carbocycles. The number of sulfonamides is 1. The largest absolute Gasteiger partial charge is 0.481 e. The van der Waals surface area contributed by atoms with Crippen LogP contribution in [0.15, 0.2) is 30.6 Å². The number of methoxy groups -OCH3 is 2. The average molecular weight is 536 g/mol. The summed E-state index contributed by atoms with van der Waals surface area (Å²) in [6.07, 6.45) is 5.93. The minimum Gasteiger partial charge on any atom is -0.481 e. The minimum atomic E-state index is -4.00. The molecule has 3 aromatic rings. The van der Waals surface area contributed by atoms with Crippen molar-refractivity contribution in [1.29, 1.82) is 0 Å². The zero-order chi connectivity index (χ0) is 25.9. The van der Waals surface area contributed by atoms with E-state index in [2.05, 4.69) is 36.8 Å². The van der Waals surface area contributed by atoms with Gasteiger partial charge in [-0.2, -0.15) is 0 Å². The topological polar surface area (TPSA) is 134 Å². The van der Waals surface area contributed by atoms with Crippen LogP contribution in [-0.2, 0) is 14.8 Å². The lowest BCUT2D eigenvalue weighted by atomic mass is 9.85. The Morgan fingerprint density at radius 3 is 2.53 bits per heavy atom. The van der Waals surface area contributed by atoms with Gasteiger partial charge in [0, 0.05) is 31.6 Å². The third-order valence-corrected chi connectivity index (χ3v) is 8.44. The van der Waals surface area contributed by atoms with Crippen molar-refractivity contribution in [2.45, 2.75) is 56.9 Å². The van der Waals surface area contributed by atoms with E-state index in [4.69, 9.17) is 21.1 Å². The first-order valence-electron chi connectivity index (χ1n) is 11.7. The van der Waals surface area contributed by atoms with E-state index in [0.29, 0.717) is 28.3 Å². The van der Waals surface area contributed by atoms with E-state index in [1.807, 2.05) is 10.6 Å². The first-order chi connectivity index (χ1) is 17.2. The second-order valence-electron chi connectivity index (χ2n) is 8.88. The van der Waals surface area contributed by atoms with Crippen LogP contribution in [0.25, 0.3) is 11.5 Å². The van der Waals surface area contributed by atoms with Gasteiger partial charge in [-0.15, -0.1) is 10.2 Å². The van der Waals surface area contributed by atoms with Gasteiger partial charge in [-0.1, -0.05) is 37.4 Å². The van der Waals surface area contributed by atoms with Crippen LogP contribution >= 0.6 is 11.6 Å². The van der Waals surface area contributed by atoms with Gasteiger partial charge in [0.1, 0.15) is 17.0 Å². The molecule has 4 atom stereocenters. The number of hydrogen-bond acceptors (Lipinski definition) is 9. The first-order valence-corrected chi connectivity index (χ1v) is 13.7. The zero-order valence-electron chi connectivity index (χ0n) is 20.6. The first kappa shape index (κ1) is 26.2. The molecule has 3 aromatic heterocycles. The van der Waals surface area contributed by atoms with Crippen molar-refractivity contribution in [3.8, 4) is 17.4 Å². The van der Waals surface area contributed by atoms with E-state index in [1.165, 1.54) is 33.5 Å². The normalized spacial score (nSPS) is 20.0. The van der Waals surface area contributed by atoms with Gasteiger partial charge in [-0.25, -0.2) is 23.4 Å². The number of hydrogen-bond donors (Lipinski definition) is 1. The minimum absolute atomic E-state index is 0.00239. The molecular formula is C23H30ClN7O4S. The van der Waals surface area contributed by atoms with E-state index in [9.17, 15) is 8.42 Å². The van der Waals surface area contributed by atoms with E-state index >= 15 is 0 Å². The molecule has 1 aliphatic rings. The molecule has 0 saturated heterocycles. The zero-order valence-corrected chi connectivity index (χ0v) is 22.2. The highest BCUT2D eigenvalue weighted by Crippen LogP contribution is 2.38. The van der Waals surface area contributed by atoms with Crippen LogP contribution in [0.5, 0.6) is 5.88 Å². The Balaban J connectivity index is 1.72. The molecule has 0 amide bonds. The van der Waals surface area contributed by atoms with E-state index in [0.717, 1.165) is 25.7 Å². The summed E-state index contributed by atoms with van der Waals surface area (Å²) >= 11 is 5.88. The van der Waals surface area contributed by atoms with Gasteiger partial charge in [0.15, 0.2) is 11.6 Å². The van der Waals surface area contributed by atoms with Crippen molar-refractivity contribution in [1.82, 2.24) is 29.7 Å². The molecule has 0 spiro atoms. The molecule has 194 valence electrons. The van der Waals surface area contributed by atoms with Gasteiger partial charge in [0.25, 0.3) is 0 Å². The summed E-state index contributed by atoms with van der Waals surface area (Å²) in [4.78, 5) is 12.8. The van der Waals surface area contributed by atoms with Crippen molar-refractivity contribution < 1.29 is 17.9 Å². The van der Waals surface area contributed by atoms with Gasteiger partial charge in [0.05, 0.1) is 12.1 Å². The number of aromatic nitrogens is 6. The highest BCUT2D eigenvalue weighted by atomic mass is 35.5. The third-order valence-electron chi connectivity index (χ3n) is 6.55. The fraction of sp³-hybridized carbons (Fsp3) is 0.522. The highest BCUT2D eigenvalue weighted by molar-refractivity contribution is 7.93. The maximum Gasteiger partial charge on any atom is 0.240 e. The Kier molecular flexibility index (Phi) is 8.06. The summed E-state index contributed by atoms with van der Waals surface area (Å²) in [5, 5.41) is 7.89. The number of nitrogens with one attached hydrogen (secondary N) is 1. The van der Waals surface area contributed by atoms with Crippen LogP contribution in [0.4, 0.5) is 5.95 Å². The second-order valence-corrected chi connectivity index (χ2v) is 11.4. The van der Waals surface area contributed by atoms with Crippen molar-refractivity contribution >= 4 is 27.6 Å². The van der Waals surface area contributed by atoms with E-state index < -0.39 is 21.4 Å². The van der Waals surface area contributed by atoms with Gasteiger partial charge in [-0.05, 0) is 31.7 Å². The van der Waals surface area contributed by atoms with Crippen molar-refractivity contribution in [3.63, 3.8) is 0 Å². The maximum atomic E-state index is 13.5. The van der Waals surface area contributed by atoms with E-state index in [-0.39, 0.29) is 17.8 Å². The summed E-state index contributed by atoms with van der Waals surface area (Å²) in [5.41, 5.74) is 0.544. The molecule has 2 unspecified atom stereocenters. The highest BCUT2D eigenvalue weighted by Gasteiger charge is 2.36. The number of halogens is 1. The second kappa shape index (κ2) is 11.1. The number of nitrogens with zero attached hydrogens (tertiary/aromatic N) is 6. The molecule has 11 nitrogen and oxygen atoms in total. The molecule has 0 bridgehead atoms. The summed E-state index contributed by atoms with van der Waals surface area (Å²) in [5.74, 6) is 1.55. The number of pyridine rings is 1. The lowest BCUT2D eigenvalue weighted by Gasteiger charge is -2.32. The lowest BCUT2D eigenvalue weighted by Crippen LogP contribution is -2.34. The Bertz CT molecular complexity index is 1290. The maximum absolute atomic E-state index is 13.5. The smallest absolute Gasteiger partial charge is 0.240 e. The molecule has 4 rings (SSSR count). The molecular weight excluding hydrogens is 506 g/mol. The fourth-order valence-electron chi connectivity index (χ4n) is 4.54. The van der Waals surface area contributed by atoms with Crippen LogP contribution < -0.4 is 9.46 Å². The Labute approximate surface area is 215 Å². The predicted molar refractivity (Wildman–Crippen MR) is 135 cm³/mol. The quantitative estimate of drug-likeness (QED) is 0.430. The van der Waals surface area contributed by atoms with Crippen molar-refractivity contribution in [2.24, 2.45) is 5.92 Å². The predicted octanol–water partition coefficient (Wildman–Crippen LogP) is 4.06. The molecule has 0 aliphatic heterocycles. The number of ether oxygens (including phenoxy) is 2. The Morgan fingerprint density at radius 2 is 1.86 bits per heavy atom. The van der Waals surface area contributed by atoms with Gasteiger partial charge < -0.3 is 9.47 Å². The standard InChI is InChI=1S/C23H30ClN7O4S/c1-14-8-5-6-10-18(14)31-22(17-9-7-11-19(27-17)34-3)28-29-23(31)30-36(32,33)15(2)20(35-4)21-25-12-16(24)13-26-21/h7,9,11-15,18,20H,5-6,8,10H2,1-4H3,(H,29,30)/t14-,15?,18+,20?/m1/s1. The van der Waals surface area contributed by atoms with Crippen molar-refractivity contribution in [2.75, 3.05) is 18.9 Å². The molecule has 1 N–H and O–H groups in total. The average Bonchev–Trinajstić information content (AvgIpc) is 3.28. The van der Waals surface area contributed by atoms with Crippen LogP contribution in [0.1, 0.15) is 57.5 Å². The molecule has 0 aromatic carbocycles. The van der Waals surface area contributed by atoms with Crippen LogP contribution in [0.2, 0.25) is 5.02 Å². The summed E-state index contributed by atoms with van der Waals surface area (Å²) in [7, 11) is -1.05. The molecule has 1 saturated carbocycles. The summed E-state index contributed by atoms with van der Waals surface area (Å²) in [6, 6.07) is 5.35. The summed E-state index contributed by atoms with van der Waals surface area (Å²) in [6.45, 7) is 3.69. The summed E-state index contributed by atoms with van der Waals surface area (Å²) < 4.78 is 42.3. The van der Waals surface area contributed by atoms with Crippen LogP contribution in [0.3, 0.4) is 0 Å². The monoisotopic (exact) mass is 535 g/mol. The lowest BCUT2D eigenvalue weighted by molar-refractivity contribution is 0.0950. The molecule has 1 fully saturated rings.